The van der Waals surface area contributed by atoms with Crippen LogP contribution in [-0.4, -0.2) is 30.8 Å². The lowest BCUT2D eigenvalue weighted by Crippen LogP contribution is -2.30. The van der Waals surface area contributed by atoms with Crippen LogP contribution < -0.4 is 0 Å². The van der Waals surface area contributed by atoms with E-state index in [9.17, 15) is 8.42 Å². The van der Waals surface area contributed by atoms with Crippen molar-refractivity contribution < 1.29 is 8.42 Å². The third kappa shape index (κ3) is 4.16. The SMILES string of the molecule is CCN(CC)S(=O)(=O)c1ccc(-c2csc(-c3ccc(Br)cc3C)n2)cc1. The fourth-order valence-corrected chi connectivity index (χ4v) is 5.76. The Kier molecular flexibility index (Phi) is 6.15. The van der Waals surface area contributed by atoms with Crippen molar-refractivity contribution in [3.8, 4) is 21.8 Å². The molecule has 3 aromatic rings. The van der Waals surface area contributed by atoms with Crippen molar-refractivity contribution >= 4 is 37.3 Å². The number of thiazole rings is 1. The lowest BCUT2D eigenvalue weighted by molar-refractivity contribution is 0.445. The van der Waals surface area contributed by atoms with E-state index in [1.165, 1.54) is 4.31 Å². The van der Waals surface area contributed by atoms with Crippen molar-refractivity contribution in [2.24, 2.45) is 0 Å². The number of nitrogens with zero attached hydrogens (tertiary/aromatic N) is 2. The van der Waals surface area contributed by atoms with Gasteiger partial charge in [0.1, 0.15) is 5.01 Å². The first-order valence-corrected chi connectivity index (χ1v) is 11.8. The molecule has 7 heteroatoms. The standard InChI is InChI=1S/C20H21BrN2O2S2/c1-4-23(5-2)27(24,25)17-9-6-15(7-10-17)19-13-26-20(22-19)18-11-8-16(21)12-14(18)3/h6-13H,4-5H2,1-3H3. The van der Waals surface area contributed by atoms with Gasteiger partial charge in [0.25, 0.3) is 0 Å². The molecule has 1 aromatic heterocycles. The maximum atomic E-state index is 12.6. The molecule has 0 atom stereocenters. The zero-order valence-electron chi connectivity index (χ0n) is 15.4. The number of hydrogen-bond acceptors (Lipinski definition) is 4. The summed E-state index contributed by atoms with van der Waals surface area (Å²) >= 11 is 5.07. The summed E-state index contributed by atoms with van der Waals surface area (Å²) in [5.41, 5.74) is 4.02. The average molecular weight is 465 g/mol. The Bertz CT molecular complexity index is 1040. The summed E-state index contributed by atoms with van der Waals surface area (Å²) in [7, 11) is -3.44. The normalized spacial score (nSPS) is 11.9. The van der Waals surface area contributed by atoms with E-state index in [4.69, 9.17) is 4.98 Å². The average Bonchev–Trinajstić information content (AvgIpc) is 3.12. The van der Waals surface area contributed by atoms with E-state index in [2.05, 4.69) is 35.0 Å². The van der Waals surface area contributed by atoms with Crippen LogP contribution in [0.15, 0.2) is 57.2 Å². The number of benzene rings is 2. The summed E-state index contributed by atoms with van der Waals surface area (Å²) in [6.45, 7) is 6.67. The molecule has 27 heavy (non-hydrogen) atoms. The van der Waals surface area contributed by atoms with Crippen LogP contribution in [0.3, 0.4) is 0 Å². The predicted molar refractivity (Wildman–Crippen MR) is 116 cm³/mol. The highest BCUT2D eigenvalue weighted by molar-refractivity contribution is 9.10. The Balaban J connectivity index is 1.90. The van der Waals surface area contributed by atoms with Gasteiger partial charge < -0.3 is 0 Å². The summed E-state index contributed by atoms with van der Waals surface area (Å²) < 4.78 is 27.7. The third-order valence-electron chi connectivity index (χ3n) is 4.42. The van der Waals surface area contributed by atoms with Gasteiger partial charge >= 0.3 is 0 Å². The molecule has 1 heterocycles. The number of aromatic nitrogens is 1. The van der Waals surface area contributed by atoms with Crippen molar-refractivity contribution in [3.63, 3.8) is 0 Å². The molecule has 0 amide bonds. The molecule has 4 nitrogen and oxygen atoms in total. The lowest BCUT2D eigenvalue weighted by Gasteiger charge is -2.18. The quantitative estimate of drug-likeness (QED) is 0.478. The molecule has 2 aromatic carbocycles. The highest BCUT2D eigenvalue weighted by Crippen LogP contribution is 2.32. The van der Waals surface area contributed by atoms with Crippen LogP contribution in [-0.2, 0) is 10.0 Å². The van der Waals surface area contributed by atoms with E-state index in [1.807, 2.05) is 37.4 Å². The van der Waals surface area contributed by atoms with Crippen molar-refractivity contribution in [1.29, 1.82) is 0 Å². The van der Waals surface area contributed by atoms with E-state index in [-0.39, 0.29) is 0 Å². The molecular weight excluding hydrogens is 444 g/mol. The number of hydrogen-bond donors (Lipinski definition) is 0. The molecule has 0 aliphatic carbocycles. The fourth-order valence-electron chi connectivity index (χ4n) is 2.91. The summed E-state index contributed by atoms with van der Waals surface area (Å²) in [6.07, 6.45) is 0. The first-order chi connectivity index (χ1) is 12.9. The summed E-state index contributed by atoms with van der Waals surface area (Å²) in [6, 6.07) is 13.1. The minimum absolute atomic E-state index is 0.314. The zero-order chi connectivity index (χ0) is 19.6. The Morgan fingerprint density at radius 1 is 1.07 bits per heavy atom. The molecule has 0 spiro atoms. The minimum atomic E-state index is -3.44. The Morgan fingerprint density at radius 2 is 1.74 bits per heavy atom. The number of sulfonamides is 1. The van der Waals surface area contributed by atoms with Crippen molar-refractivity contribution in [1.82, 2.24) is 9.29 Å². The van der Waals surface area contributed by atoms with Gasteiger partial charge in [0.15, 0.2) is 0 Å². The molecule has 0 aliphatic heterocycles. The number of aryl methyl sites for hydroxylation is 1. The molecule has 0 saturated carbocycles. The smallest absolute Gasteiger partial charge is 0.236 e. The van der Waals surface area contributed by atoms with Gasteiger partial charge in [-0.15, -0.1) is 11.3 Å². The van der Waals surface area contributed by atoms with E-state index in [1.54, 1.807) is 23.5 Å². The minimum Gasteiger partial charge on any atom is -0.236 e. The molecular formula is C20H21BrN2O2S2. The first kappa shape index (κ1) is 20.2. The van der Waals surface area contributed by atoms with Gasteiger partial charge in [-0.1, -0.05) is 48.0 Å². The Hall–Kier alpha value is -1.54. The van der Waals surface area contributed by atoms with Crippen LogP contribution in [0.25, 0.3) is 21.8 Å². The summed E-state index contributed by atoms with van der Waals surface area (Å²) in [5, 5.41) is 2.96. The van der Waals surface area contributed by atoms with Crippen molar-refractivity contribution in [2.75, 3.05) is 13.1 Å². The number of halogens is 1. The molecule has 0 N–H and O–H groups in total. The topological polar surface area (TPSA) is 50.3 Å². The largest absolute Gasteiger partial charge is 0.243 e. The second-order valence-corrected chi connectivity index (χ2v) is 9.82. The molecule has 0 bridgehead atoms. The van der Waals surface area contributed by atoms with Crippen LogP contribution >= 0.6 is 27.3 Å². The van der Waals surface area contributed by atoms with Gasteiger partial charge in [0.2, 0.25) is 10.0 Å². The van der Waals surface area contributed by atoms with Crippen LogP contribution in [0.2, 0.25) is 0 Å². The van der Waals surface area contributed by atoms with E-state index in [0.29, 0.717) is 18.0 Å². The van der Waals surface area contributed by atoms with Gasteiger partial charge in [-0.05, 0) is 36.8 Å². The first-order valence-electron chi connectivity index (χ1n) is 8.69. The monoisotopic (exact) mass is 464 g/mol. The Morgan fingerprint density at radius 3 is 2.33 bits per heavy atom. The highest BCUT2D eigenvalue weighted by atomic mass is 79.9. The fraction of sp³-hybridized carbons (Fsp3) is 0.250. The second-order valence-electron chi connectivity index (χ2n) is 6.11. The molecule has 0 unspecified atom stereocenters. The van der Waals surface area contributed by atoms with Gasteiger partial charge in [-0.2, -0.15) is 4.31 Å². The lowest BCUT2D eigenvalue weighted by atomic mass is 10.1. The molecule has 0 saturated heterocycles. The van der Waals surface area contributed by atoms with Crippen molar-refractivity contribution in [2.45, 2.75) is 25.7 Å². The van der Waals surface area contributed by atoms with Gasteiger partial charge in [-0.3, -0.25) is 0 Å². The van der Waals surface area contributed by atoms with Crippen LogP contribution in [0.1, 0.15) is 19.4 Å². The van der Waals surface area contributed by atoms with Crippen LogP contribution in [0, 0.1) is 6.92 Å². The van der Waals surface area contributed by atoms with E-state index < -0.39 is 10.0 Å². The van der Waals surface area contributed by atoms with Gasteiger partial charge in [-0.25, -0.2) is 13.4 Å². The molecule has 142 valence electrons. The highest BCUT2D eigenvalue weighted by Gasteiger charge is 2.21. The third-order valence-corrected chi connectivity index (χ3v) is 7.85. The second kappa shape index (κ2) is 8.22. The van der Waals surface area contributed by atoms with E-state index in [0.717, 1.165) is 31.9 Å². The molecule has 0 radical (unpaired) electrons. The number of rotatable bonds is 6. The molecule has 0 aliphatic rings. The molecule has 3 rings (SSSR count). The predicted octanol–water partition coefficient (Wildman–Crippen LogP) is 5.58. The van der Waals surface area contributed by atoms with Crippen molar-refractivity contribution in [3.05, 3.63) is 57.9 Å². The summed E-state index contributed by atoms with van der Waals surface area (Å²) in [4.78, 5) is 5.06. The Labute approximate surface area is 173 Å². The van der Waals surface area contributed by atoms with Gasteiger partial charge in [0.05, 0.1) is 10.6 Å². The zero-order valence-corrected chi connectivity index (χ0v) is 18.7. The molecule has 0 fully saturated rings. The van der Waals surface area contributed by atoms with Gasteiger partial charge in [0, 0.05) is 34.1 Å². The van der Waals surface area contributed by atoms with Crippen LogP contribution in [0.5, 0.6) is 0 Å². The summed E-state index contributed by atoms with van der Waals surface area (Å²) in [5.74, 6) is 0. The van der Waals surface area contributed by atoms with E-state index >= 15 is 0 Å². The maximum Gasteiger partial charge on any atom is 0.243 e. The van der Waals surface area contributed by atoms with Crippen LogP contribution in [0.4, 0.5) is 0 Å². The maximum absolute atomic E-state index is 12.6.